The highest BCUT2D eigenvalue weighted by atomic mass is 16.3. The highest BCUT2D eigenvalue weighted by Gasteiger charge is 2.18. The van der Waals surface area contributed by atoms with Crippen LogP contribution < -0.4 is 5.32 Å². The summed E-state index contributed by atoms with van der Waals surface area (Å²) in [5.41, 5.74) is 3.68. The summed E-state index contributed by atoms with van der Waals surface area (Å²) in [6.07, 6.45) is 2.88. The second kappa shape index (κ2) is 3.95. The van der Waals surface area contributed by atoms with Crippen molar-refractivity contribution in [1.29, 1.82) is 0 Å². The molecule has 1 aromatic carbocycles. The minimum atomic E-state index is 0.0960. The van der Waals surface area contributed by atoms with Crippen LogP contribution in [0.3, 0.4) is 0 Å². The molecule has 1 heterocycles. The Morgan fingerprint density at radius 3 is 3.14 bits per heavy atom. The molecular weight excluding hydrogens is 174 g/mol. The van der Waals surface area contributed by atoms with Gasteiger partial charge in [0.1, 0.15) is 0 Å². The molecule has 1 aromatic rings. The van der Waals surface area contributed by atoms with Gasteiger partial charge >= 0.3 is 0 Å². The second-order valence-electron chi connectivity index (χ2n) is 3.60. The van der Waals surface area contributed by atoms with Gasteiger partial charge in [-0.2, -0.15) is 0 Å². The second-order valence-corrected chi connectivity index (χ2v) is 3.60. The van der Waals surface area contributed by atoms with E-state index in [0.29, 0.717) is 0 Å². The fourth-order valence-corrected chi connectivity index (χ4v) is 1.95. The van der Waals surface area contributed by atoms with E-state index < -0.39 is 0 Å². The predicted octanol–water partition coefficient (Wildman–Crippen LogP) is 1.51. The van der Waals surface area contributed by atoms with Crippen molar-refractivity contribution in [3.05, 3.63) is 41.5 Å². The zero-order valence-electron chi connectivity index (χ0n) is 8.16. The number of aliphatic hydroxyl groups is 1. The maximum atomic E-state index is 9.21. The van der Waals surface area contributed by atoms with Crippen LogP contribution in [0.15, 0.2) is 24.8 Å². The Morgan fingerprint density at radius 2 is 2.43 bits per heavy atom. The van der Waals surface area contributed by atoms with Gasteiger partial charge in [-0.25, -0.2) is 0 Å². The van der Waals surface area contributed by atoms with Gasteiger partial charge < -0.3 is 10.4 Å². The van der Waals surface area contributed by atoms with Crippen LogP contribution >= 0.6 is 0 Å². The smallest absolute Gasteiger partial charge is 0.0626 e. The summed E-state index contributed by atoms with van der Waals surface area (Å²) in [4.78, 5) is 0. The van der Waals surface area contributed by atoms with Gasteiger partial charge in [-0.3, -0.25) is 0 Å². The summed E-state index contributed by atoms with van der Waals surface area (Å²) in [5, 5.41) is 12.5. The molecule has 0 radical (unpaired) electrons. The van der Waals surface area contributed by atoms with E-state index in [9.17, 15) is 5.11 Å². The van der Waals surface area contributed by atoms with Gasteiger partial charge in [-0.15, -0.1) is 0 Å². The van der Waals surface area contributed by atoms with Gasteiger partial charge in [0.25, 0.3) is 0 Å². The van der Waals surface area contributed by atoms with E-state index in [0.717, 1.165) is 18.5 Å². The number of benzene rings is 1. The third-order valence-corrected chi connectivity index (χ3v) is 2.75. The van der Waals surface area contributed by atoms with Crippen LogP contribution in [0.5, 0.6) is 0 Å². The Hall–Kier alpha value is -1.12. The maximum absolute atomic E-state index is 9.21. The van der Waals surface area contributed by atoms with E-state index in [2.05, 4.69) is 30.1 Å². The first kappa shape index (κ1) is 9.44. The van der Waals surface area contributed by atoms with Crippen LogP contribution in [-0.2, 0) is 6.42 Å². The first-order chi connectivity index (χ1) is 6.85. The summed E-state index contributed by atoms with van der Waals surface area (Å²) < 4.78 is 0. The fraction of sp³-hybridized carbons (Fsp3) is 0.333. The minimum Gasteiger partial charge on any atom is -0.394 e. The van der Waals surface area contributed by atoms with E-state index in [4.69, 9.17) is 0 Å². The van der Waals surface area contributed by atoms with Crippen molar-refractivity contribution in [2.45, 2.75) is 12.5 Å². The Kier molecular flexibility index (Phi) is 2.66. The summed E-state index contributed by atoms with van der Waals surface area (Å²) in [6.45, 7) is 4.86. The van der Waals surface area contributed by atoms with E-state index in [1.165, 1.54) is 11.1 Å². The average Bonchev–Trinajstić information content (AvgIpc) is 2.27. The molecule has 0 amide bonds. The average molecular weight is 189 g/mol. The number of hydrogen-bond donors (Lipinski definition) is 2. The standard InChI is InChI=1S/C12H15NO/c1-2-9-3-4-10-5-6-13-12(8-14)11(10)7-9/h2-4,7,12-14H,1,5-6,8H2/t12-/m0/s1. The molecular formula is C12H15NO. The molecule has 0 unspecified atom stereocenters. The molecule has 1 aliphatic rings. The molecule has 0 spiro atoms. The lowest BCUT2D eigenvalue weighted by atomic mass is 9.93. The van der Waals surface area contributed by atoms with Crippen LogP contribution in [0.4, 0.5) is 0 Å². The van der Waals surface area contributed by atoms with E-state index >= 15 is 0 Å². The van der Waals surface area contributed by atoms with Gasteiger partial charge in [0, 0.05) is 0 Å². The highest BCUT2D eigenvalue weighted by molar-refractivity contribution is 5.51. The zero-order chi connectivity index (χ0) is 9.97. The molecule has 0 bridgehead atoms. The van der Waals surface area contributed by atoms with Crippen LogP contribution in [0.2, 0.25) is 0 Å². The van der Waals surface area contributed by atoms with Gasteiger partial charge in [-0.05, 0) is 35.7 Å². The van der Waals surface area contributed by atoms with Crippen molar-refractivity contribution in [1.82, 2.24) is 5.32 Å². The molecule has 0 aliphatic carbocycles. The minimum absolute atomic E-state index is 0.0960. The summed E-state index contributed by atoms with van der Waals surface area (Å²) in [7, 11) is 0. The van der Waals surface area contributed by atoms with Crippen molar-refractivity contribution < 1.29 is 5.11 Å². The number of rotatable bonds is 2. The Bertz CT molecular complexity index is 346. The Labute approximate surface area is 84.3 Å². The van der Waals surface area contributed by atoms with Crippen molar-refractivity contribution >= 4 is 6.08 Å². The third kappa shape index (κ3) is 1.59. The number of aliphatic hydroxyl groups excluding tert-OH is 1. The molecule has 74 valence electrons. The van der Waals surface area contributed by atoms with Gasteiger partial charge in [-0.1, -0.05) is 24.8 Å². The third-order valence-electron chi connectivity index (χ3n) is 2.75. The van der Waals surface area contributed by atoms with E-state index in [1.807, 2.05) is 6.08 Å². The van der Waals surface area contributed by atoms with Crippen LogP contribution in [0, 0.1) is 0 Å². The molecule has 0 saturated heterocycles. The van der Waals surface area contributed by atoms with E-state index in [-0.39, 0.29) is 12.6 Å². The zero-order valence-corrected chi connectivity index (χ0v) is 8.16. The predicted molar refractivity (Wildman–Crippen MR) is 58.1 cm³/mol. The monoisotopic (exact) mass is 189 g/mol. The Morgan fingerprint density at radius 1 is 1.57 bits per heavy atom. The number of nitrogens with one attached hydrogen (secondary N) is 1. The largest absolute Gasteiger partial charge is 0.394 e. The van der Waals surface area contributed by atoms with Gasteiger partial charge in [0.15, 0.2) is 0 Å². The molecule has 2 heteroatoms. The summed E-state index contributed by atoms with van der Waals surface area (Å²) in [5.74, 6) is 0. The van der Waals surface area contributed by atoms with Crippen molar-refractivity contribution in [3.63, 3.8) is 0 Å². The SMILES string of the molecule is C=Cc1ccc2c(c1)[C@H](CO)NCC2. The van der Waals surface area contributed by atoms with E-state index in [1.54, 1.807) is 0 Å². The van der Waals surface area contributed by atoms with Crippen molar-refractivity contribution in [2.24, 2.45) is 0 Å². The quantitative estimate of drug-likeness (QED) is 0.739. The van der Waals surface area contributed by atoms with Crippen molar-refractivity contribution in [3.8, 4) is 0 Å². The number of fused-ring (bicyclic) bond motifs is 1. The lowest BCUT2D eigenvalue weighted by Crippen LogP contribution is -2.32. The maximum Gasteiger partial charge on any atom is 0.0626 e. The first-order valence-corrected chi connectivity index (χ1v) is 4.94. The van der Waals surface area contributed by atoms with Crippen molar-refractivity contribution in [2.75, 3.05) is 13.2 Å². The topological polar surface area (TPSA) is 32.3 Å². The summed E-state index contributed by atoms with van der Waals surface area (Å²) >= 11 is 0. The first-order valence-electron chi connectivity index (χ1n) is 4.94. The lowest BCUT2D eigenvalue weighted by Gasteiger charge is -2.25. The highest BCUT2D eigenvalue weighted by Crippen LogP contribution is 2.23. The van der Waals surface area contributed by atoms with Gasteiger partial charge in [0.05, 0.1) is 12.6 Å². The van der Waals surface area contributed by atoms with Gasteiger partial charge in [0.2, 0.25) is 0 Å². The van der Waals surface area contributed by atoms with Crippen LogP contribution in [0.1, 0.15) is 22.7 Å². The molecule has 0 fully saturated rings. The fourth-order valence-electron chi connectivity index (χ4n) is 1.95. The molecule has 0 saturated carbocycles. The molecule has 2 N–H and O–H groups in total. The Balaban J connectivity index is 2.42. The molecule has 1 atom stereocenters. The summed E-state index contributed by atoms with van der Waals surface area (Å²) in [6, 6.07) is 6.41. The molecule has 2 nitrogen and oxygen atoms in total. The molecule has 1 aliphatic heterocycles. The van der Waals surface area contributed by atoms with Crippen LogP contribution in [-0.4, -0.2) is 18.3 Å². The number of hydrogen-bond acceptors (Lipinski definition) is 2. The molecule has 14 heavy (non-hydrogen) atoms. The molecule has 2 rings (SSSR count). The van der Waals surface area contributed by atoms with Crippen LogP contribution in [0.25, 0.3) is 6.08 Å². The molecule has 0 aromatic heterocycles. The normalized spacial score (nSPS) is 20.2. The lowest BCUT2D eigenvalue weighted by molar-refractivity contribution is 0.240.